The van der Waals surface area contributed by atoms with E-state index in [4.69, 9.17) is 19.8 Å². The van der Waals surface area contributed by atoms with Gasteiger partial charge in [0.25, 0.3) is 0 Å². The molecule has 10 nitrogen and oxygen atoms in total. The third-order valence-electron chi connectivity index (χ3n) is 7.48. The molecule has 1 saturated heterocycles. The van der Waals surface area contributed by atoms with Gasteiger partial charge in [0, 0.05) is 77.9 Å². The minimum Gasteiger partial charge on any atom is -0.496 e. The summed E-state index contributed by atoms with van der Waals surface area (Å²) >= 11 is 0. The highest BCUT2D eigenvalue weighted by Gasteiger charge is 2.38. The van der Waals surface area contributed by atoms with Gasteiger partial charge in [0.05, 0.1) is 41.5 Å². The first-order chi connectivity index (χ1) is 19.2. The van der Waals surface area contributed by atoms with Crippen molar-refractivity contribution in [1.82, 2.24) is 29.7 Å². The van der Waals surface area contributed by atoms with Crippen LogP contribution in [-0.2, 0) is 9.84 Å². The fraction of sp³-hybridized carbons (Fsp3) is 0.276. The van der Waals surface area contributed by atoms with E-state index in [9.17, 15) is 8.42 Å². The van der Waals surface area contributed by atoms with Crippen LogP contribution in [0.4, 0.5) is 5.69 Å². The largest absolute Gasteiger partial charge is 0.496 e. The number of methoxy groups -OCH3 is 1. The van der Waals surface area contributed by atoms with Gasteiger partial charge in [-0.25, -0.2) is 18.1 Å². The van der Waals surface area contributed by atoms with Crippen LogP contribution in [0.2, 0.25) is 0 Å². The molecule has 0 unspecified atom stereocenters. The first-order valence-electron chi connectivity index (χ1n) is 12.9. The Bertz CT molecular complexity index is 1820. The molecule has 5 aromatic heterocycles. The van der Waals surface area contributed by atoms with Crippen LogP contribution in [0, 0.1) is 12.8 Å². The summed E-state index contributed by atoms with van der Waals surface area (Å²) in [6.07, 6.45) is 10.0. The standard InChI is InChI=1S/C29H29N7O3S/c1-18-23-15-32-36(27(23)13-26(33-18)24-14-31-10-7-28(24)39-3)29-12-22(11-25(34-29)20-5-8-30-9-6-20)35-16-21(19(35)2)17-40(4,37)38/h5-15,19,21H,16-17H2,1-4H3/t19-,21-/m1/s1. The number of hydrogen-bond donors (Lipinski definition) is 0. The van der Waals surface area contributed by atoms with Gasteiger partial charge in [-0.15, -0.1) is 0 Å². The number of ether oxygens (including phenoxy) is 1. The summed E-state index contributed by atoms with van der Waals surface area (Å²) in [5.74, 6) is 1.58. The van der Waals surface area contributed by atoms with E-state index in [1.54, 1.807) is 38.1 Å². The van der Waals surface area contributed by atoms with E-state index in [-0.39, 0.29) is 17.7 Å². The van der Waals surface area contributed by atoms with Gasteiger partial charge in [0.1, 0.15) is 15.6 Å². The number of rotatable bonds is 7. The highest BCUT2D eigenvalue weighted by atomic mass is 32.2. The average molecular weight is 556 g/mol. The van der Waals surface area contributed by atoms with Crippen LogP contribution in [-0.4, -0.2) is 69.8 Å². The molecule has 6 heterocycles. The third kappa shape index (κ3) is 4.77. The van der Waals surface area contributed by atoms with Gasteiger partial charge in [-0.3, -0.25) is 15.0 Å². The lowest BCUT2D eigenvalue weighted by Gasteiger charge is -2.48. The molecule has 0 radical (unpaired) electrons. The number of sulfone groups is 1. The zero-order valence-corrected chi connectivity index (χ0v) is 23.5. The molecule has 2 atom stereocenters. The van der Waals surface area contributed by atoms with Crippen LogP contribution in [0.3, 0.4) is 0 Å². The van der Waals surface area contributed by atoms with Crippen molar-refractivity contribution in [1.29, 1.82) is 0 Å². The van der Waals surface area contributed by atoms with Crippen molar-refractivity contribution >= 4 is 26.4 Å². The Hall–Kier alpha value is -4.38. The minimum atomic E-state index is -3.06. The van der Waals surface area contributed by atoms with E-state index >= 15 is 0 Å². The lowest BCUT2D eigenvalue weighted by atomic mass is 9.91. The lowest BCUT2D eigenvalue weighted by Crippen LogP contribution is -2.57. The summed E-state index contributed by atoms with van der Waals surface area (Å²) in [4.78, 5) is 20.5. The van der Waals surface area contributed by atoms with Crippen molar-refractivity contribution in [2.45, 2.75) is 19.9 Å². The van der Waals surface area contributed by atoms with Gasteiger partial charge in [0.15, 0.2) is 5.82 Å². The van der Waals surface area contributed by atoms with Crippen LogP contribution in [0.25, 0.3) is 39.2 Å². The van der Waals surface area contributed by atoms with Crippen molar-refractivity contribution in [2.75, 3.05) is 30.6 Å². The Balaban J connectivity index is 1.48. The molecule has 0 spiro atoms. The molecule has 0 amide bonds. The molecule has 0 saturated carbocycles. The molecule has 0 aliphatic carbocycles. The maximum Gasteiger partial charge on any atom is 0.156 e. The van der Waals surface area contributed by atoms with Crippen molar-refractivity contribution in [2.24, 2.45) is 5.92 Å². The van der Waals surface area contributed by atoms with Crippen molar-refractivity contribution in [3.05, 3.63) is 73.1 Å². The van der Waals surface area contributed by atoms with Gasteiger partial charge in [-0.2, -0.15) is 5.10 Å². The molecular weight excluding hydrogens is 526 g/mol. The summed E-state index contributed by atoms with van der Waals surface area (Å²) in [6.45, 7) is 4.68. The smallest absolute Gasteiger partial charge is 0.156 e. The van der Waals surface area contributed by atoms with Crippen molar-refractivity contribution in [3.63, 3.8) is 0 Å². The molecule has 40 heavy (non-hydrogen) atoms. The number of nitrogens with zero attached hydrogens (tertiary/aromatic N) is 7. The molecule has 1 aliphatic heterocycles. The van der Waals surface area contributed by atoms with Crippen LogP contribution in [0.5, 0.6) is 5.75 Å². The normalized spacial score (nSPS) is 17.1. The zero-order chi connectivity index (χ0) is 28.0. The molecule has 11 heteroatoms. The molecule has 0 aromatic carbocycles. The molecule has 1 aliphatic rings. The van der Waals surface area contributed by atoms with E-state index in [1.807, 2.05) is 48.0 Å². The summed E-state index contributed by atoms with van der Waals surface area (Å²) < 4.78 is 31.2. The Kier molecular flexibility index (Phi) is 6.46. The first kappa shape index (κ1) is 25.9. The molecule has 204 valence electrons. The predicted molar refractivity (Wildman–Crippen MR) is 154 cm³/mol. The molecule has 5 aromatic rings. The Labute approximate surface area is 232 Å². The zero-order valence-electron chi connectivity index (χ0n) is 22.7. The summed E-state index contributed by atoms with van der Waals surface area (Å²) in [7, 11) is -1.43. The third-order valence-corrected chi connectivity index (χ3v) is 8.51. The van der Waals surface area contributed by atoms with Crippen molar-refractivity contribution < 1.29 is 13.2 Å². The van der Waals surface area contributed by atoms with E-state index in [2.05, 4.69) is 21.8 Å². The molecule has 6 rings (SSSR count). The quantitative estimate of drug-likeness (QED) is 0.292. The SMILES string of the molecule is COc1ccncc1-c1cc2c(cnn2-c2cc(N3C[C@H](CS(C)(=O)=O)[C@H]3C)cc(-c3ccncc3)n2)c(C)n1. The number of aryl methyl sites for hydroxylation is 1. The fourth-order valence-electron chi connectivity index (χ4n) is 5.31. The van der Waals surface area contributed by atoms with Gasteiger partial charge in [0.2, 0.25) is 0 Å². The van der Waals surface area contributed by atoms with Gasteiger partial charge < -0.3 is 9.64 Å². The first-order valence-corrected chi connectivity index (χ1v) is 15.0. The van der Waals surface area contributed by atoms with Crippen LogP contribution < -0.4 is 9.64 Å². The Morgan fingerprint density at radius 2 is 1.77 bits per heavy atom. The number of hydrogen-bond acceptors (Lipinski definition) is 9. The van der Waals surface area contributed by atoms with Gasteiger partial charge >= 0.3 is 0 Å². The van der Waals surface area contributed by atoms with Crippen LogP contribution >= 0.6 is 0 Å². The maximum atomic E-state index is 11.9. The molecule has 0 bridgehead atoms. The topological polar surface area (TPSA) is 116 Å². The number of pyridine rings is 4. The second kappa shape index (κ2) is 9.98. The Morgan fingerprint density at radius 1 is 1.00 bits per heavy atom. The summed E-state index contributed by atoms with van der Waals surface area (Å²) in [6, 6.07) is 11.7. The van der Waals surface area contributed by atoms with Gasteiger partial charge in [-0.1, -0.05) is 0 Å². The second-order valence-electron chi connectivity index (χ2n) is 10.2. The number of anilines is 1. The minimum absolute atomic E-state index is 0.0701. The van der Waals surface area contributed by atoms with E-state index in [0.717, 1.165) is 44.8 Å². The number of aromatic nitrogens is 6. The highest BCUT2D eigenvalue weighted by Crippen LogP contribution is 2.36. The highest BCUT2D eigenvalue weighted by molar-refractivity contribution is 7.90. The van der Waals surface area contributed by atoms with Crippen LogP contribution in [0.1, 0.15) is 12.6 Å². The van der Waals surface area contributed by atoms with E-state index in [0.29, 0.717) is 18.1 Å². The lowest BCUT2D eigenvalue weighted by molar-refractivity contribution is 0.341. The number of fused-ring (bicyclic) bond motifs is 1. The second-order valence-corrected chi connectivity index (χ2v) is 12.4. The predicted octanol–water partition coefficient (Wildman–Crippen LogP) is 4.13. The molecule has 1 fully saturated rings. The van der Waals surface area contributed by atoms with E-state index in [1.165, 1.54) is 6.26 Å². The molecule has 0 N–H and O–H groups in total. The summed E-state index contributed by atoms with van der Waals surface area (Å²) in [5.41, 5.74) is 5.85. The monoisotopic (exact) mass is 555 g/mol. The summed E-state index contributed by atoms with van der Waals surface area (Å²) in [5, 5.41) is 5.63. The Morgan fingerprint density at radius 3 is 2.50 bits per heavy atom. The van der Waals surface area contributed by atoms with Gasteiger partial charge in [-0.05, 0) is 44.2 Å². The average Bonchev–Trinajstić information content (AvgIpc) is 3.39. The van der Waals surface area contributed by atoms with Crippen molar-refractivity contribution in [3.8, 4) is 34.1 Å². The van der Waals surface area contributed by atoms with E-state index < -0.39 is 9.84 Å². The maximum absolute atomic E-state index is 11.9. The van der Waals surface area contributed by atoms with Crippen LogP contribution in [0.15, 0.2) is 67.4 Å². The fourth-order valence-corrected chi connectivity index (χ4v) is 6.47. The molecular formula is C29H29N7O3S.